The van der Waals surface area contributed by atoms with Crippen LogP contribution in [0.3, 0.4) is 0 Å². The zero-order valence-corrected chi connectivity index (χ0v) is 7.42. The fraction of sp³-hybridized carbons (Fsp3) is 0.556. The molecule has 80 valence electrons. The fourth-order valence-corrected chi connectivity index (χ4v) is 1.13. The number of furan rings is 1. The number of halogens is 3. The Kier molecular flexibility index (Phi) is 3.57. The molecule has 1 aromatic rings. The Labute approximate surface area is 79.3 Å². The summed E-state index contributed by atoms with van der Waals surface area (Å²) in [5, 5.41) is 9.38. The highest BCUT2D eigenvalue weighted by molar-refractivity contribution is 5.08. The Balaban J connectivity index is 2.26. The van der Waals surface area contributed by atoms with Crippen LogP contribution in [0.25, 0.3) is 0 Å². The fourth-order valence-electron chi connectivity index (χ4n) is 1.13. The molecule has 1 aromatic heterocycles. The van der Waals surface area contributed by atoms with E-state index in [4.69, 9.17) is 4.42 Å². The van der Waals surface area contributed by atoms with Gasteiger partial charge in [0.05, 0.1) is 18.6 Å². The average Bonchev–Trinajstić information content (AvgIpc) is 2.53. The van der Waals surface area contributed by atoms with Crippen molar-refractivity contribution >= 4 is 0 Å². The molecule has 1 N–H and O–H groups in total. The summed E-state index contributed by atoms with van der Waals surface area (Å²) < 4.78 is 39.9. The molecule has 0 aliphatic rings. The number of alkyl halides is 3. The molecule has 14 heavy (non-hydrogen) atoms. The van der Waals surface area contributed by atoms with Gasteiger partial charge in [0.15, 0.2) is 0 Å². The second-order valence-corrected chi connectivity index (χ2v) is 3.08. The van der Waals surface area contributed by atoms with Crippen molar-refractivity contribution in [2.45, 2.75) is 31.5 Å². The van der Waals surface area contributed by atoms with Gasteiger partial charge in [-0.05, 0) is 18.9 Å². The van der Waals surface area contributed by atoms with Crippen molar-refractivity contribution in [1.82, 2.24) is 0 Å². The first-order valence-electron chi connectivity index (χ1n) is 4.26. The molecule has 1 rings (SSSR count). The summed E-state index contributed by atoms with van der Waals surface area (Å²) in [6, 6.07) is 1.54. The molecule has 0 saturated carbocycles. The van der Waals surface area contributed by atoms with Crippen LogP contribution in [-0.4, -0.2) is 11.3 Å². The van der Waals surface area contributed by atoms with Gasteiger partial charge >= 0.3 is 6.18 Å². The van der Waals surface area contributed by atoms with Gasteiger partial charge in [0.1, 0.15) is 0 Å². The monoisotopic (exact) mass is 208 g/mol. The van der Waals surface area contributed by atoms with Crippen molar-refractivity contribution in [3.63, 3.8) is 0 Å². The molecule has 1 heterocycles. The predicted molar refractivity (Wildman–Crippen MR) is 43.6 cm³/mol. The van der Waals surface area contributed by atoms with Gasteiger partial charge in [-0.2, -0.15) is 13.2 Å². The zero-order valence-electron chi connectivity index (χ0n) is 7.42. The largest absolute Gasteiger partial charge is 0.472 e. The Bertz CT molecular complexity index is 254. The minimum absolute atomic E-state index is 0.0736. The molecule has 0 fully saturated rings. The summed E-state index contributed by atoms with van der Waals surface area (Å²) in [6.45, 7) is 0. The third-order valence-electron chi connectivity index (χ3n) is 1.87. The topological polar surface area (TPSA) is 33.4 Å². The second-order valence-electron chi connectivity index (χ2n) is 3.08. The van der Waals surface area contributed by atoms with Crippen LogP contribution in [0.5, 0.6) is 0 Å². The number of hydrogen-bond acceptors (Lipinski definition) is 2. The standard InChI is InChI=1S/C9H11F3O2/c10-9(11,12)4-1-2-8(13)7-3-5-14-6-7/h3,5-6,8,13H,1-2,4H2. The SMILES string of the molecule is OC(CCCC(F)(F)F)c1ccoc1. The smallest absolute Gasteiger partial charge is 0.389 e. The molecular formula is C9H11F3O2. The van der Waals surface area contributed by atoms with Gasteiger partial charge in [-0.25, -0.2) is 0 Å². The minimum atomic E-state index is -4.14. The van der Waals surface area contributed by atoms with E-state index in [1.54, 1.807) is 0 Å². The molecule has 1 unspecified atom stereocenters. The van der Waals surface area contributed by atoms with Crippen molar-refractivity contribution in [2.24, 2.45) is 0 Å². The molecular weight excluding hydrogens is 197 g/mol. The van der Waals surface area contributed by atoms with Crippen molar-refractivity contribution in [1.29, 1.82) is 0 Å². The van der Waals surface area contributed by atoms with Gasteiger partial charge in [0.2, 0.25) is 0 Å². The van der Waals surface area contributed by atoms with E-state index in [-0.39, 0.29) is 12.8 Å². The molecule has 0 aromatic carbocycles. The maximum atomic E-state index is 11.7. The lowest BCUT2D eigenvalue weighted by Crippen LogP contribution is -2.07. The number of aliphatic hydroxyl groups excluding tert-OH is 1. The van der Waals surface area contributed by atoms with E-state index in [0.29, 0.717) is 5.56 Å². The molecule has 0 saturated heterocycles. The molecule has 0 aliphatic heterocycles. The maximum Gasteiger partial charge on any atom is 0.389 e. The van der Waals surface area contributed by atoms with Crippen molar-refractivity contribution in [3.8, 4) is 0 Å². The average molecular weight is 208 g/mol. The lowest BCUT2D eigenvalue weighted by atomic mass is 10.1. The van der Waals surface area contributed by atoms with Crippen LogP contribution in [0.4, 0.5) is 13.2 Å². The Morgan fingerprint density at radius 3 is 2.64 bits per heavy atom. The van der Waals surface area contributed by atoms with Crippen molar-refractivity contribution in [3.05, 3.63) is 24.2 Å². The quantitative estimate of drug-likeness (QED) is 0.824. The Morgan fingerprint density at radius 2 is 2.14 bits per heavy atom. The van der Waals surface area contributed by atoms with E-state index in [1.165, 1.54) is 18.6 Å². The number of hydrogen-bond donors (Lipinski definition) is 1. The maximum absolute atomic E-state index is 11.7. The van der Waals surface area contributed by atoms with Gasteiger partial charge in [0, 0.05) is 12.0 Å². The number of rotatable bonds is 4. The zero-order chi connectivity index (χ0) is 10.6. The van der Waals surface area contributed by atoms with E-state index >= 15 is 0 Å². The van der Waals surface area contributed by atoms with Crippen LogP contribution < -0.4 is 0 Å². The normalized spacial score (nSPS) is 14.3. The minimum Gasteiger partial charge on any atom is -0.472 e. The summed E-state index contributed by atoms with van der Waals surface area (Å²) in [6.07, 6.45) is -3.14. The molecule has 0 spiro atoms. The summed E-state index contributed by atoms with van der Waals surface area (Å²) in [5.74, 6) is 0. The van der Waals surface area contributed by atoms with Gasteiger partial charge in [-0.15, -0.1) is 0 Å². The first-order chi connectivity index (χ1) is 6.49. The lowest BCUT2D eigenvalue weighted by molar-refractivity contribution is -0.136. The molecule has 0 amide bonds. The predicted octanol–water partition coefficient (Wildman–Crippen LogP) is 3.05. The first-order valence-corrected chi connectivity index (χ1v) is 4.26. The van der Waals surface area contributed by atoms with E-state index in [2.05, 4.69) is 0 Å². The van der Waals surface area contributed by atoms with Crippen LogP contribution in [0.2, 0.25) is 0 Å². The Morgan fingerprint density at radius 1 is 1.43 bits per heavy atom. The van der Waals surface area contributed by atoms with Crippen molar-refractivity contribution < 1.29 is 22.7 Å². The number of aliphatic hydroxyl groups is 1. The molecule has 0 aliphatic carbocycles. The van der Waals surface area contributed by atoms with Crippen LogP contribution in [0.15, 0.2) is 23.0 Å². The summed E-state index contributed by atoms with van der Waals surface area (Å²) in [5.41, 5.74) is 0.521. The molecule has 5 heteroatoms. The highest BCUT2D eigenvalue weighted by Gasteiger charge is 2.26. The van der Waals surface area contributed by atoms with Crippen LogP contribution >= 0.6 is 0 Å². The van der Waals surface area contributed by atoms with Gasteiger partial charge < -0.3 is 9.52 Å². The molecule has 0 bridgehead atoms. The van der Waals surface area contributed by atoms with Crippen LogP contribution in [-0.2, 0) is 0 Å². The summed E-state index contributed by atoms with van der Waals surface area (Å²) in [7, 11) is 0. The highest BCUT2D eigenvalue weighted by Crippen LogP contribution is 2.26. The van der Waals surface area contributed by atoms with Crippen molar-refractivity contribution in [2.75, 3.05) is 0 Å². The summed E-state index contributed by atoms with van der Waals surface area (Å²) in [4.78, 5) is 0. The van der Waals surface area contributed by atoms with Crippen LogP contribution in [0, 0.1) is 0 Å². The lowest BCUT2D eigenvalue weighted by Gasteiger charge is -2.09. The van der Waals surface area contributed by atoms with Crippen LogP contribution in [0.1, 0.15) is 30.9 Å². The van der Waals surface area contributed by atoms with Gasteiger partial charge in [-0.3, -0.25) is 0 Å². The molecule has 2 nitrogen and oxygen atoms in total. The second kappa shape index (κ2) is 4.50. The van der Waals surface area contributed by atoms with E-state index < -0.39 is 18.7 Å². The highest BCUT2D eigenvalue weighted by atomic mass is 19.4. The molecule has 1 atom stereocenters. The first kappa shape index (κ1) is 11.1. The third kappa shape index (κ3) is 3.83. The van der Waals surface area contributed by atoms with E-state index in [0.717, 1.165) is 0 Å². The van der Waals surface area contributed by atoms with E-state index in [1.807, 2.05) is 0 Å². The third-order valence-corrected chi connectivity index (χ3v) is 1.87. The van der Waals surface area contributed by atoms with Gasteiger partial charge in [-0.1, -0.05) is 0 Å². The van der Waals surface area contributed by atoms with E-state index in [9.17, 15) is 18.3 Å². The van der Waals surface area contributed by atoms with Gasteiger partial charge in [0.25, 0.3) is 0 Å². The molecule has 0 radical (unpaired) electrons. The summed E-state index contributed by atoms with van der Waals surface area (Å²) >= 11 is 0. The Hall–Kier alpha value is -0.970.